The molecule has 1 aliphatic rings. The summed E-state index contributed by atoms with van der Waals surface area (Å²) in [5.41, 5.74) is 4.86. The van der Waals surface area contributed by atoms with Gasteiger partial charge in [0.25, 0.3) is 0 Å². The van der Waals surface area contributed by atoms with Gasteiger partial charge < -0.3 is 0 Å². The SMILES string of the molecule is C[CH2][In]([CH3])[C]1=C(C)C(C)=C(C)C1. The van der Waals surface area contributed by atoms with E-state index in [1.807, 2.05) is 3.33 Å². The summed E-state index contributed by atoms with van der Waals surface area (Å²) in [6.45, 7) is 9.26. The Morgan fingerprint density at radius 3 is 2.08 bits per heavy atom. The van der Waals surface area contributed by atoms with E-state index >= 15 is 0 Å². The monoisotopic (exact) mass is 266 g/mol. The molecule has 0 saturated heterocycles. The van der Waals surface area contributed by atoms with Crippen LogP contribution in [0.3, 0.4) is 0 Å². The van der Waals surface area contributed by atoms with Gasteiger partial charge in [-0.15, -0.1) is 0 Å². The van der Waals surface area contributed by atoms with E-state index in [2.05, 4.69) is 32.4 Å². The summed E-state index contributed by atoms with van der Waals surface area (Å²) in [5.74, 6) is 0. The molecule has 1 aliphatic carbocycles. The van der Waals surface area contributed by atoms with Crippen LogP contribution in [0, 0.1) is 0 Å². The van der Waals surface area contributed by atoms with Crippen LogP contribution in [0.4, 0.5) is 0 Å². The maximum absolute atomic E-state index is 2.55. The first-order chi connectivity index (χ1) is 5.57. The van der Waals surface area contributed by atoms with Crippen molar-refractivity contribution in [3.05, 3.63) is 20.0 Å². The first-order valence-electron chi connectivity index (χ1n) is 4.94. The number of hydrogen-bond acceptors (Lipinski definition) is 0. The fourth-order valence-corrected chi connectivity index (χ4v) is 7.90. The molecule has 66 valence electrons. The van der Waals surface area contributed by atoms with Crippen LogP contribution in [0.1, 0.15) is 34.1 Å². The molecule has 0 atom stereocenters. The van der Waals surface area contributed by atoms with Gasteiger partial charge in [-0.25, -0.2) is 0 Å². The van der Waals surface area contributed by atoms with E-state index in [0.29, 0.717) is 0 Å². The number of allylic oxidation sites excluding steroid dienone is 4. The van der Waals surface area contributed by atoms with Crippen molar-refractivity contribution in [2.45, 2.75) is 43.0 Å². The summed E-state index contributed by atoms with van der Waals surface area (Å²) in [4.78, 5) is 0. The first-order valence-corrected chi connectivity index (χ1v) is 12.2. The van der Waals surface area contributed by atoms with Crippen molar-refractivity contribution in [2.75, 3.05) is 0 Å². The van der Waals surface area contributed by atoms with E-state index in [9.17, 15) is 0 Å². The maximum atomic E-state index is 2.55. The molecular weight excluding hydrogens is 247 g/mol. The van der Waals surface area contributed by atoms with E-state index in [1.165, 1.54) is 10.6 Å². The molecule has 0 aliphatic heterocycles. The molecule has 0 fully saturated rings. The molecule has 0 saturated carbocycles. The Morgan fingerprint density at radius 2 is 1.75 bits per heavy atom. The molecule has 0 aromatic carbocycles. The van der Waals surface area contributed by atoms with Crippen molar-refractivity contribution in [1.82, 2.24) is 0 Å². The van der Waals surface area contributed by atoms with Gasteiger partial charge in [0, 0.05) is 0 Å². The van der Waals surface area contributed by atoms with Crippen LogP contribution < -0.4 is 0 Å². The van der Waals surface area contributed by atoms with Crippen LogP contribution >= 0.6 is 0 Å². The van der Waals surface area contributed by atoms with Crippen LogP contribution in [0.25, 0.3) is 0 Å². The van der Waals surface area contributed by atoms with Gasteiger partial charge in [-0.2, -0.15) is 0 Å². The van der Waals surface area contributed by atoms with Crippen LogP contribution in [0.2, 0.25) is 8.86 Å². The predicted octanol–water partition coefficient (Wildman–Crippen LogP) is 3.73. The van der Waals surface area contributed by atoms with E-state index in [4.69, 9.17) is 0 Å². The molecule has 0 radical (unpaired) electrons. The minimum absolute atomic E-state index is 1.20. The van der Waals surface area contributed by atoms with Crippen LogP contribution in [0.5, 0.6) is 0 Å². The van der Waals surface area contributed by atoms with Gasteiger partial charge >= 0.3 is 84.5 Å². The Labute approximate surface area is 84.3 Å². The third kappa shape index (κ3) is 1.81. The summed E-state index contributed by atoms with van der Waals surface area (Å²) in [5, 5.41) is 0. The third-order valence-electron chi connectivity index (χ3n) is 3.35. The number of rotatable bonds is 2. The molecule has 0 aromatic rings. The molecule has 0 aromatic heterocycles. The third-order valence-corrected chi connectivity index (χ3v) is 12.1. The second kappa shape index (κ2) is 4.04. The molecule has 1 heteroatoms. The average Bonchev–Trinajstić information content (AvgIpc) is 2.32. The number of hydrogen-bond donors (Lipinski definition) is 0. The first kappa shape index (κ1) is 10.4. The van der Waals surface area contributed by atoms with Crippen molar-refractivity contribution in [3.8, 4) is 0 Å². The van der Waals surface area contributed by atoms with Crippen molar-refractivity contribution in [3.63, 3.8) is 0 Å². The molecule has 1 rings (SSSR count). The second-order valence-electron chi connectivity index (χ2n) is 4.04. The normalized spacial score (nSPS) is 17.8. The van der Waals surface area contributed by atoms with Crippen LogP contribution in [-0.2, 0) is 0 Å². The van der Waals surface area contributed by atoms with E-state index < -0.39 is 21.4 Å². The Bertz CT molecular complexity index is 246. The predicted molar refractivity (Wildman–Crippen MR) is 57.8 cm³/mol. The van der Waals surface area contributed by atoms with Gasteiger partial charge in [0.2, 0.25) is 0 Å². The molecule has 0 spiro atoms. The summed E-state index contributed by atoms with van der Waals surface area (Å²) < 4.78 is 5.91. The zero-order chi connectivity index (χ0) is 9.30. The van der Waals surface area contributed by atoms with E-state index in [-0.39, 0.29) is 0 Å². The fraction of sp³-hybridized carbons (Fsp3) is 0.636. The van der Waals surface area contributed by atoms with Gasteiger partial charge in [-0.05, 0) is 0 Å². The van der Waals surface area contributed by atoms with E-state index in [1.54, 1.807) is 16.7 Å². The van der Waals surface area contributed by atoms with Gasteiger partial charge in [-0.1, -0.05) is 0 Å². The molecule has 12 heavy (non-hydrogen) atoms. The van der Waals surface area contributed by atoms with Gasteiger partial charge in [-0.3, -0.25) is 0 Å². The summed E-state index contributed by atoms with van der Waals surface area (Å²) in [7, 11) is 0. The molecule has 0 unspecified atom stereocenters. The second-order valence-corrected chi connectivity index (χ2v) is 13.5. The Balaban J connectivity index is 2.86. The van der Waals surface area contributed by atoms with Gasteiger partial charge in [0.1, 0.15) is 0 Å². The topological polar surface area (TPSA) is 0 Å². The zero-order valence-electron chi connectivity index (χ0n) is 8.99. The van der Waals surface area contributed by atoms with E-state index in [0.717, 1.165) is 0 Å². The average molecular weight is 266 g/mol. The molecule has 0 N–H and O–H groups in total. The fourth-order valence-electron chi connectivity index (χ4n) is 1.90. The summed E-state index contributed by atoms with van der Waals surface area (Å²) in [6.07, 6.45) is 1.32. The summed E-state index contributed by atoms with van der Waals surface area (Å²) >= 11 is -1.20. The van der Waals surface area contributed by atoms with Crippen molar-refractivity contribution >= 4 is 21.4 Å². The van der Waals surface area contributed by atoms with Crippen molar-refractivity contribution < 1.29 is 0 Å². The minimum atomic E-state index is -1.20. The molecular formula is C11H19In. The molecule has 0 amide bonds. The Morgan fingerprint density at radius 1 is 1.17 bits per heavy atom. The van der Waals surface area contributed by atoms with Crippen LogP contribution in [-0.4, -0.2) is 21.4 Å². The van der Waals surface area contributed by atoms with Crippen LogP contribution in [0.15, 0.2) is 20.0 Å². The Kier molecular flexibility index (Phi) is 3.51. The van der Waals surface area contributed by atoms with Crippen molar-refractivity contribution in [1.29, 1.82) is 0 Å². The standard InChI is InChI=1S/C8H11.C2H5.CH3.In/c1-6-4-5-7(2)8(6)3;1-2;;/h4H2,1-3H3;1H2,2H3;1H3;. The summed E-state index contributed by atoms with van der Waals surface area (Å²) in [6, 6.07) is 0. The van der Waals surface area contributed by atoms with Gasteiger partial charge in [0.15, 0.2) is 0 Å². The van der Waals surface area contributed by atoms with Gasteiger partial charge in [0.05, 0.1) is 0 Å². The zero-order valence-corrected chi connectivity index (χ0v) is 12.3. The molecule has 0 heterocycles. The Hall–Kier alpha value is 0.350. The molecule has 0 bridgehead atoms. The molecule has 0 nitrogen and oxygen atoms in total. The quantitative estimate of drug-likeness (QED) is 0.714. The van der Waals surface area contributed by atoms with Crippen molar-refractivity contribution in [2.24, 2.45) is 0 Å².